The molecule has 2 saturated heterocycles. The van der Waals surface area contributed by atoms with Crippen LogP contribution in [0, 0.1) is 5.41 Å². The van der Waals surface area contributed by atoms with Gasteiger partial charge < -0.3 is 19.9 Å². The molecule has 0 radical (unpaired) electrons. The topological polar surface area (TPSA) is 61.9 Å². The normalized spacial score (nSPS) is 26.0. The molecule has 0 bridgehead atoms. The largest absolute Gasteiger partial charge is 0.383 e. The number of likely N-dealkylation sites (tertiary alicyclic amines) is 2. The van der Waals surface area contributed by atoms with Crippen molar-refractivity contribution in [2.24, 2.45) is 5.41 Å². The van der Waals surface area contributed by atoms with Gasteiger partial charge in [0, 0.05) is 39.3 Å². The van der Waals surface area contributed by atoms with E-state index in [1.54, 1.807) is 12.0 Å². The van der Waals surface area contributed by atoms with Crippen LogP contribution in [0.1, 0.15) is 33.1 Å². The van der Waals surface area contributed by atoms with Crippen molar-refractivity contribution in [3.05, 3.63) is 0 Å². The van der Waals surface area contributed by atoms with Crippen LogP contribution in [0.5, 0.6) is 0 Å². The summed E-state index contributed by atoms with van der Waals surface area (Å²) in [7, 11) is 1.65. The number of rotatable bonds is 4. The van der Waals surface area contributed by atoms with E-state index >= 15 is 0 Å². The Labute approximate surface area is 126 Å². The molecule has 1 spiro atoms. The van der Waals surface area contributed by atoms with E-state index in [2.05, 4.69) is 5.32 Å². The predicted octanol–water partition coefficient (Wildman–Crippen LogP) is 1.07. The van der Waals surface area contributed by atoms with Gasteiger partial charge in [-0.15, -0.1) is 0 Å². The van der Waals surface area contributed by atoms with Crippen molar-refractivity contribution < 1.29 is 14.3 Å². The minimum Gasteiger partial charge on any atom is -0.383 e. The Balaban J connectivity index is 2.00. The molecule has 120 valence electrons. The Bertz CT molecular complexity index is 400. The van der Waals surface area contributed by atoms with Gasteiger partial charge in [-0.3, -0.25) is 4.79 Å². The molecule has 0 saturated carbocycles. The van der Waals surface area contributed by atoms with E-state index in [4.69, 9.17) is 4.74 Å². The van der Waals surface area contributed by atoms with Gasteiger partial charge in [0.1, 0.15) is 0 Å². The standard InChI is InChI=1S/C15H27N3O3/c1-12(2)16-14(20)18-7-4-5-15(11-18)6-8-17(13(15)19)9-10-21-3/h12H,4-11H2,1-3H3,(H,16,20). The molecule has 2 heterocycles. The molecular weight excluding hydrogens is 270 g/mol. The third-order valence-corrected chi connectivity index (χ3v) is 4.44. The van der Waals surface area contributed by atoms with Crippen LogP contribution in [0.25, 0.3) is 0 Å². The highest BCUT2D eigenvalue weighted by molar-refractivity contribution is 5.86. The molecule has 21 heavy (non-hydrogen) atoms. The van der Waals surface area contributed by atoms with Crippen LogP contribution in [0.3, 0.4) is 0 Å². The van der Waals surface area contributed by atoms with Crippen LogP contribution in [-0.4, -0.2) is 67.7 Å². The minimum absolute atomic E-state index is 0.0489. The quantitative estimate of drug-likeness (QED) is 0.844. The van der Waals surface area contributed by atoms with Crippen molar-refractivity contribution in [2.45, 2.75) is 39.2 Å². The lowest BCUT2D eigenvalue weighted by Gasteiger charge is -2.39. The number of ether oxygens (including phenoxy) is 1. The molecule has 3 amide bonds. The molecule has 0 aromatic carbocycles. The summed E-state index contributed by atoms with van der Waals surface area (Å²) in [6.07, 6.45) is 2.64. The smallest absolute Gasteiger partial charge is 0.317 e. The van der Waals surface area contributed by atoms with Gasteiger partial charge in [-0.1, -0.05) is 0 Å². The van der Waals surface area contributed by atoms with Gasteiger partial charge in [-0.05, 0) is 33.1 Å². The van der Waals surface area contributed by atoms with Crippen molar-refractivity contribution in [1.82, 2.24) is 15.1 Å². The van der Waals surface area contributed by atoms with E-state index in [9.17, 15) is 9.59 Å². The lowest BCUT2D eigenvalue weighted by molar-refractivity contribution is -0.138. The van der Waals surface area contributed by atoms with Crippen LogP contribution in [-0.2, 0) is 9.53 Å². The van der Waals surface area contributed by atoms with E-state index in [0.29, 0.717) is 19.7 Å². The van der Waals surface area contributed by atoms with Gasteiger partial charge in [0.2, 0.25) is 5.91 Å². The maximum Gasteiger partial charge on any atom is 0.317 e. The number of urea groups is 1. The molecule has 0 aromatic rings. The summed E-state index contributed by atoms with van der Waals surface area (Å²) < 4.78 is 5.06. The van der Waals surface area contributed by atoms with E-state index in [0.717, 1.165) is 32.4 Å². The Morgan fingerprint density at radius 3 is 2.81 bits per heavy atom. The van der Waals surface area contributed by atoms with E-state index in [1.165, 1.54) is 0 Å². The van der Waals surface area contributed by atoms with Crippen LogP contribution in [0.15, 0.2) is 0 Å². The van der Waals surface area contributed by atoms with Gasteiger partial charge in [-0.25, -0.2) is 4.79 Å². The second kappa shape index (κ2) is 6.64. The number of amides is 3. The van der Waals surface area contributed by atoms with Gasteiger partial charge in [0.25, 0.3) is 0 Å². The molecule has 1 N–H and O–H groups in total. The summed E-state index contributed by atoms with van der Waals surface area (Å²) in [5.74, 6) is 0.196. The zero-order valence-corrected chi connectivity index (χ0v) is 13.4. The zero-order chi connectivity index (χ0) is 15.5. The molecule has 0 aromatic heterocycles. The van der Waals surface area contributed by atoms with E-state index in [1.807, 2.05) is 18.7 Å². The highest BCUT2D eigenvalue weighted by atomic mass is 16.5. The van der Waals surface area contributed by atoms with Crippen molar-refractivity contribution >= 4 is 11.9 Å². The van der Waals surface area contributed by atoms with E-state index < -0.39 is 0 Å². The van der Waals surface area contributed by atoms with Crippen LogP contribution in [0.4, 0.5) is 4.79 Å². The van der Waals surface area contributed by atoms with Crippen molar-refractivity contribution in [2.75, 3.05) is 39.9 Å². The molecule has 2 fully saturated rings. The fourth-order valence-electron chi connectivity index (χ4n) is 3.33. The molecule has 1 unspecified atom stereocenters. The predicted molar refractivity (Wildman–Crippen MR) is 80.0 cm³/mol. The average molecular weight is 297 g/mol. The molecule has 2 aliphatic rings. The minimum atomic E-state index is -0.361. The lowest BCUT2D eigenvalue weighted by atomic mass is 9.78. The maximum atomic E-state index is 12.7. The number of hydrogen-bond acceptors (Lipinski definition) is 3. The molecule has 1 atom stereocenters. The van der Waals surface area contributed by atoms with E-state index in [-0.39, 0.29) is 23.4 Å². The van der Waals surface area contributed by atoms with Gasteiger partial charge >= 0.3 is 6.03 Å². The van der Waals surface area contributed by atoms with Crippen molar-refractivity contribution in [3.8, 4) is 0 Å². The molecular formula is C15H27N3O3. The first-order valence-electron chi connectivity index (χ1n) is 7.82. The fraction of sp³-hybridized carbons (Fsp3) is 0.867. The maximum absolute atomic E-state index is 12.7. The van der Waals surface area contributed by atoms with Crippen LogP contribution in [0.2, 0.25) is 0 Å². The molecule has 2 rings (SSSR count). The first kappa shape index (κ1) is 16.1. The fourth-order valence-corrected chi connectivity index (χ4v) is 3.33. The second-order valence-corrected chi connectivity index (χ2v) is 6.44. The van der Waals surface area contributed by atoms with Crippen LogP contribution < -0.4 is 5.32 Å². The Hall–Kier alpha value is -1.30. The number of nitrogens with one attached hydrogen (secondary N) is 1. The Kier molecular flexibility index (Phi) is 5.08. The summed E-state index contributed by atoms with van der Waals surface area (Å²) in [5.41, 5.74) is -0.361. The monoisotopic (exact) mass is 297 g/mol. The average Bonchev–Trinajstić information content (AvgIpc) is 2.73. The highest BCUT2D eigenvalue weighted by Crippen LogP contribution is 2.40. The summed E-state index contributed by atoms with van der Waals surface area (Å²) in [6.45, 7) is 7.19. The summed E-state index contributed by atoms with van der Waals surface area (Å²) in [4.78, 5) is 28.6. The molecule has 2 aliphatic heterocycles. The van der Waals surface area contributed by atoms with Gasteiger partial charge in [-0.2, -0.15) is 0 Å². The number of carbonyl (C=O) groups excluding carboxylic acids is 2. The molecule has 0 aliphatic carbocycles. The number of nitrogens with zero attached hydrogens (tertiary/aromatic N) is 2. The third-order valence-electron chi connectivity index (χ3n) is 4.44. The molecule has 6 nitrogen and oxygen atoms in total. The van der Waals surface area contributed by atoms with Crippen LogP contribution >= 0.6 is 0 Å². The number of piperidine rings is 1. The van der Waals surface area contributed by atoms with Crippen molar-refractivity contribution in [1.29, 1.82) is 0 Å². The second-order valence-electron chi connectivity index (χ2n) is 6.44. The number of carbonyl (C=O) groups is 2. The summed E-state index contributed by atoms with van der Waals surface area (Å²) >= 11 is 0. The SMILES string of the molecule is COCCN1CCC2(CCCN(C(=O)NC(C)C)C2)C1=O. The summed E-state index contributed by atoms with van der Waals surface area (Å²) in [5, 5.41) is 2.92. The Morgan fingerprint density at radius 2 is 2.14 bits per heavy atom. The van der Waals surface area contributed by atoms with Crippen molar-refractivity contribution in [3.63, 3.8) is 0 Å². The molecule has 6 heteroatoms. The lowest BCUT2D eigenvalue weighted by Crippen LogP contribution is -2.53. The van der Waals surface area contributed by atoms with Gasteiger partial charge in [0.15, 0.2) is 0 Å². The number of methoxy groups -OCH3 is 1. The van der Waals surface area contributed by atoms with Gasteiger partial charge in [0.05, 0.1) is 12.0 Å². The first-order chi connectivity index (χ1) is 9.98. The zero-order valence-electron chi connectivity index (χ0n) is 13.4. The third kappa shape index (κ3) is 3.48. The number of hydrogen-bond donors (Lipinski definition) is 1. The Morgan fingerprint density at radius 1 is 1.38 bits per heavy atom. The highest BCUT2D eigenvalue weighted by Gasteiger charge is 2.49. The first-order valence-corrected chi connectivity index (χ1v) is 7.82. The summed E-state index contributed by atoms with van der Waals surface area (Å²) in [6, 6.07) is 0.0695.